The summed E-state index contributed by atoms with van der Waals surface area (Å²) in [6.45, 7) is 0.570. The van der Waals surface area contributed by atoms with Crippen LogP contribution < -0.4 is 56.3 Å². The van der Waals surface area contributed by atoms with Gasteiger partial charge in [0.05, 0.1) is 66.3 Å². The van der Waals surface area contributed by atoms with E-state index in [1.54, 1.807) is 117 Å². The number of hydrogen-bond acceptors (Lipinski definition) is 20. The van der Waals surface area contributed by atoms with E-state index in [1.165, 1.54) is 54.5 Å². The van der Waals surface area contributed by atoms with Crippen molar-refractivity contribution in [2.75, 3.05) is 48.1 Å². The number of aromatic nitrogens is 5. The zero-order chi connectivity index (χ0) is 75.5. The number of urea groups is 3. The average molecular weight is 1720 g/mol. The van der Waals surface area contributed by atoms with E-state index in [9.17, 15) is 47.9 Å². The van der Waals surface area contributed by atoms with Crippen LogP contribution in [0.15, 0.2) is 154 Å². The summed E-state index contributed by atoms with van der Waals surface area (Å²) in [6.07, 6.45) is 15.0. The molecule has 10 aromatic rings. The minimum atomic E-state index is -1.61. The van der Waals surface area contributed by atoms with Crippen LogP contribution in [0, 0.1) is 19.5 Å². The molecule has 3 aromatic carbocycles. The molecular weight excluding hydrogens is 1670 g/mol. The molecule has 3 saturated heterocycles. The number of rotatable bonds is 13. The van der Waals surface area contributed by atoms with Crippen LogP contribution in [0.3, 0.4) is 0 Å². The molecular formula is C71H55Cl3I2N14O16. The number of benzene rings is 3. The molecule has 0 radical (unpaired) electrons. The topological polar surface area (TPSA) is 383 Å². The number of pyridine rings is 5. The number of aromatic amines is 1. The van der Waals surface area contributed by atoms with Gasteiger partial charge in [-0.1, -0.05) is 58.9 Å². The highest BCUT2D eigenvalue weighted by Crippen LogP contribution is 2.40. The first-order valence-corrected chi connectivity index (χ1v) is 34.6. The third kappa shape index (κ3) is 14.6. The molecule has 6 aliphatic heterocycles. The first kappa shape index (κ1) is 74.3. The molecule has 7 N–H and O–H groups in total. The van der Waals surface area contributed by atoms with E-state index in [0.717, 1.165) is 31.6 Å². The molecule has 30 nitrogen and oxygen atoms in total. The fraction of sp³-hybridized carbons (Fsp3) is 0.183. The molecule has 0 bridgehead atoms. The van der Waals surface area contributed by atoms with Crippen molar-refractivity contribution in [2.24, 2.45) is 0 Å². The lowest BCUT2D eigenvalue weighted by Crippen LogP contribution is -2.54. The fourth-order valence-corrected chi connectivity index (χ4v) is 13.5. The first-order chi connectivity index (χ1) is 50.8. The maximum absolute atomic E-state index is 13.2. The predicted molar refractivity (Wildman–Crippen MR) is 398 cm³/mol. The average Bonchev–Trinajstić information content (AvgIpc) is 1.60. The molecule has 35 heteroatoms. The molecule has 0 unspecified atom stereocenters. The van der Waals surface area contributed by atoms with Gasteiger partial charge in [0.1, 0.15) is 61.1 Å². The number of halogens is 5. The number of carbonyl (C=O) groups excluding carboxylic acids is 9. The zero-order valence-corrected chi connectivity index (χ0v) is 62.2. The van der Waals surface area contributed by atoms with Crippen molar-refractivity contribution >= 4 is 155 Å². The number of methoxy groups -OCH3 is 4. The Morgan fingerprint density at radius 3 is 1.42 bits per heavy atom. The largest absolute Gasteiger partial charge is 0.497 e. The van der Waals surface area contributed by atoms with E-state index in [-0.39, 0.29) is 72.5 Å². The van der Waals surface area contributed by atoms with Gasteiger partial charge in [0.2, 0.25) is 0 Å². The highest BCUT2D eigenvalue weighted by Gasteiger charge is 2.55. The lowest BCUT2D eigenvalue weighted by atomic mass is 9.95. The number of amides is 12. The van der Waals surface area contributed by atoms with Gasteiger partial charge in [0.25, 0.3) is 35.4 Å². The summed E-state index contributed by atoms with van der Waals surface area (Å²) in [5, 5.41) is 16.6. The second kappa shape index (κ2) is 30.7. The SMILES string of the molecule is C#C[C@]1(CN2Cc3ccc(OC)cc3C2=O)NC(=O)NC1=O.COc1ccc2c(c1)C(=O)N(C[C@@]1(c3cc4c(-c5cccnc5)nccc4o3)NC(=O)NC1=O)C2.COc1ccc2c(c1)C(=O)N(C[C@@]1(c3cc4c(Cl)nccc4o3)NC(=O)NC1=O)C2.COc1ccnc(Cl)c1I.O=c1cc[nH]c(Cl)c1I. The number of H-pyrrole nitrogens is 1. The summed E-state index contributed by atoms with van der Waals surface area (Å²) in [6, 6.07) is 27.1. The highest BCUT2D eigenvalue weighted by atomic mass is 127. The Morgan fingerprint density at radius 2 is 1.00 bits per heavy atom. The minimum Gasteiger partial charge on any atom is -0.497 e. The van der Waals surface area contributed by atoms with E-state index in [1.807, 2.05) is 34.7 Å². The minimum absolute atomic E-state index is 0.0423. The monoisotopic (exact) mass is 1720 g/mol. The Labute approximate surface area is 642 Å². The van der Waals surface area contributed by atoms with Crippen LogP contribution in [-0.4, -0.2) is 147 Å². The Bertz CT molecular complexity index is 5390. The van der Waals surface area contributed by atoms with Crippen molar-refractivity contribution in [2.45, 2.75) is 36.3 Å². The molecule has 6 aliphatic rings. The maximum atomic E-state index is 13.2. The Morgan fingerprint density at radius 1 is 0.528 bits per heavy atom. The highest BCUT2D eigenvalue weighted by molar-refractivity contribution is 14.1. The maximum Gasteiger partial charge on any atom is 0.323 e. The van der Waals surface area contributed by atoms with Gasteiger partial charge in [-0.3, -0.25) is 59.5 Å². The fourth-order valence-electron chi connectivity index (χ4n) is 12.1. The van der Waals surface area contributed by atoms with Crippen LogP contribution >= 0.6 is 80.0 Å². The Balaban J connectivity index is 0.000000134. The van der Waals surface area contributed by atoms with Gasteiger partial charge < -0.3 is 63.4 Å². The third-order valence-electron chi connectivity index (χ3n) is 17.4. The third-order valence-corrected chi connectivity index (χ3v) is 21.1. The molecule has 106 heavy (non-hydrogen) atoms. The number of hydrogen-bond donors (Lipinski definition) is 7. The van der Waals surface area contributed by atoms with Crippen molar-refractivity contribution in [3.8, 4) is 46.6 Å². The standard InChI is InChI=1S/C25H19N5O5.C20H15ClN4O5.C15H13N3O4.C6H5ClINO.C5H3ClINO/c1-34-16-5-4-15-12-30(22(31)17(15)9-16)13-25(23(32)28-24(33)29-25)20-10-18-19(35-20)6-8-27-21(18)14-3-2-7-26-11-14;1-29-11-3-2-10-8-25(17(26)12(10)6-11)9-20(18(27)23-19(28)24-20)15-7-13-14(30-15)4-5-22-16(13)21;1-3-15(13(20)16-14(21)17-15)8-18-7-9-4-5-10(22-2)6-11(9)12(18)19;1-10-4-2-3-9-6(7)5(4)8;6-5-4(7)3(9)1-2-8-5/h2-11H,12-13H2,1H3,(H2,28,29,32,33);2-7H,8-9H2,1H3,(H2,23,24,27,28);1,4-6H,7-8H2,2H3,(H2,16,17,20,21);2-3H,1H3;1-2H,(H,8,9)/t25-;20-;15-;;/m001../s1. The van der Waals surface area contributed by atoms with Gasteiger partial charge in [-0.15, -0.1) is 6.42 Å². The van der Waals surface area contributed by atoms with Crippen molar-refractivity contribution in [3.05, 3.63) is 218 Å². The number of imide groups is 3. The van der Waals surface area contributed by atoms with Crippen LogP contribution in [0.4, 0.5) is 14.4 Å². The van der Waals surface area contributed by atoms with Crippen molar-refractivity contribution in [1.82, 2.24) is 71.5 Å². The van der Waals surface area contributed by atoms with Gasteiger partial charge >= 0.3 is 18.1 Å². The second-order valence-corrected chi connectivity index (χ2v) is 27.0. The second-order valence-electron chi connectivity index (χ2n) is 23.8. The van der Waals surface area contributed by atoms with Crippen molar-refractivity contribution < 1.29 is 70.9 Å². The van der Waals surface area contributed by atoms with Gasteiger partial charge in [0, 0.05) is 90.5 Å². The number of nitrogens with one attached hydrogen (secondary N) is 7. The van der Waals surface area contributed by atoms with Crippen LogP contribution in [0.5, 0.6) is 23.0 Å². The molecule has 16 rings (SSSR count). The van der Waals surface area contributed by atoms with Gasteiger partial charge in [-0.2, -0.15) is 0 Å². The van der Waals surface area contributed by atoms with E-state index < -0.39 is 52.4 Å². The summed E-state index contributed by atoms with van der Waals surface area (Å²) in [7, 11) is 6.18. The lowest BCUT2D eigenvalue weighted by Gasteiger charge is -2.29. The number of ether oxygens (including phenoxy) is 4. The normalized spacial score (nSPS) is 18.6. The number of fused-ring (bicyclic) bond motifs is 5. The van der Waals surface area contributed by atoms with Gasteiger partial charge in [-0.25, -0.2) is 24.4 Å². The number of carbonyl (C=O) groups is 9. The molecule has 7 aromatic heterocycles. The molecule has 540 valence electrons. The quantitative estimate of drug-likeness (QED) is 0.0246. The molecule has 3 atom stereocenters. The van der Waals surface area contributed by atoms with Crippen molar-refractivity contribution in [1.29, 1.82) is 0 Å². The molecule has 0 aliphatic carbocycles. The Kier molecular flexibility index (Phi) is 21.6. The van der Waals surface area contributed by atoms with E-state index in [0.29, 0.717) is 82.0 Å². The number of nitrogens with zero attached hydrogens (tertiary/aromatic N) is 7. The van der Waals surface area contributed by atoms with Crippen LogP contribution in [-0.2, 0) is 45.1 Å². The first-order valence-electron chi connectivity index (χ1n) is 31.3. The van der Waals surface area contributed by atoms with E-state index >= 15 is 0 Å². The van der Waals surface area contributed by atoms with Gasteiger partial charge in [-0.05, 0) is 141 Å². The van der Waals surface area contributed by atoms with Crippen LogP contribution in [0.25, 0.3) is 33.2 Å². The summed E-state index contributed by atoms with van der Waals surface area (Å²) >= 11 is 21.4. The molecule has 12 amide bonds. The summed E-state index contributed by atoms with van der Waals surface area (Å²) in [5.41, 5.74) is 1.47. The summed E-state index contributed by atoms with van der Waals surface area (Å²) < 4.78 is 33.9. The predicted octanol–water partition coefficient (Wildman–Crippen LogP) is 8.61. The molecule has 3 fully saturated rings. The summed E-state index contributed by atoms with van der Waals surface area (Å²) in [4.78, 5) is 147. The van der Waals surface area contributed by atoms with E-state index in [2.05, 4.69) is 85.3 Å². The number of terminal acetylenes is 1. The Hall–Kier alpha value is -11.4. The molecule has 0 saturated carbocycles. The lowest BCUT2D eigenvalue weighted by molar-refractivity contribution is -0.126. The number of furan rings is 2. The summed E-state index contributed by atoms with van der Waals surface area (Å²) in [5.74, 6) is 2.50. The van der Waals surface area contributed by atoms with Gasteiger partial charge in [0.15, 0.2) is 22.0 Å². The van der Waals surface area contributed by atoms with Crippen LogP contribution in [0.2, 0.25) is 15.5 Å². The van der Waals surface area contributed by atoms with Crippen LogP contribution in [0.1, 0.15) is 59.3 Å². The van der Waals surface area contributed by atoms with E-state index in [4.69, 9.17) is 69.0 Å². The molecule has 0 spiro atoms. The smallest absolute Gasteiger partial charge is 0.323 e. The zero-order valence-electron chi connectivity index (χ0n) is 55.7. The molecule has 13 heterocycles. The van der Waals surface area contributed by atoms with Crippen molar-refractivity contribution in [3.63, 3.8) is 0 Å².